The van der Waals surface area contributed by atoms with Gasteiger partial charge in [0.1, 0.15) is 12.1 Å². The lowest BCUT2D eigenvalue weighted by molar-refractivity contribution is -0.149. The highest BCUT2D eigenvalue weighted by molar-refractivity contribution is 6.08. The van der Waals surface area contributed by atoms with Gasteiger partial charge in [0, 0.05) is 5.56 Å². The second kappa shape index (κ2) is 6.58. The number of carbonyl (C=O) groups excluding carboxylic acids is 3. The van der Waals surface area contributed by atoms with Crippen LogP contribution in [0.4, 0.5) is 4.79 Å². The maximum Gasteiger partial charge on any atom is 0.326 e. The average molecular weight is 358 g/mol. The molecule has 9 nitrogen and oxygen atoms in total. The highest BCUT2D eigenvalue weighted by atomic mass is 16.6. The van der Waals surface area contributed by atoms with Crippen LogP contribution in [0.15, 0.2) is 28.8 Å². The Balaban J connectivity index is 1.56. The van der Waals surface area contributed by atoms with Crippen LogP contribution in [0.5, 0.6) is 0 Å². The van der Waals surface area contributed by atoms with Crippen LogP contribution in [0.25, 0.3) is 11.4 Å². The van der Waals surface area contributed by atoms with E-state index in [-0.39, 0.29) is 12.5 Å². The summed E-state index contributed by atoms with van der Waals surface area (Å²) in [6, 6.07) is 6.93. The van der Waals surface area contributed by atoms with E-state index in [9.17, 15) is 14.4 Å². The summed E-state index contributed by atoms with van der Waals surface area (Å²) in [5.74, 6) is -0.737. The van der Waals surface area contributed by atoms with Gasteiger partial charge < -0.3 is 14.6 Å². The first kappa shape index (κ1) is 17.6. The van der Waals surface area contributed by atoms with E-state index in [1.165, 1.54) is 0 Å². The molecule has 1 aromatic carbocycles. The van der Waals surface area contributed by atoms with Gasteiger partial charge in [0.2, 0.25) is 5.82 Å². The third-order valence-electron chi connectivity index (χ3n) is 3.87. The SMILES string of the molecule is Cc1ccc(-c2noc(COC(=O)CN3C(=O)NC(C)(C)C3=O)n2)cc1. The number of amides is 3. The summed E-state index contributed by atoms with van der Waals surface area (Å²) in [7, 11) is 0. The van der Waals surface area contributed by atoms with Crippen LogP contribution in [-0.2, 0) is 20.9 Å². The van der Waals surface area contributed by atoms with Gasteiger partial charge >= 0.3 is 12.0 Å². The molecule has 2 aromatic rings. The first-order chi connectivity index (χ1) is 12.3. The largest absolute Gasteiger partial charge is 0.454 e. The fourth-order valence-electron chi connectivity index (χ4n) is 2.41. The topological polar surface area (TPSA) is 115 Å². The molecule has 2 heterocycles. The van der Waals surface area contributed by atoms with E-state index in [2.05, 4.69) is 15.5 Å². The van der Waals surface area contributed by atoms with Gasteiger partial charge in [0.05, 0.1) is 0 Å². The Morgan fingerprint density at radius 2 is 1.96 bits per heavy atom. The van der Waals surface area contributed by atoms with Crippen molar-refractivity contribution in [2.45, 2.75) is 32.9 Å². The average Bonchev–Trinajstić information content (AvgIpc) is 3.12. The van der Waals surface area contributed by atoms with Gasteiger partial charge in [-0.15, -0.1) is 0 Å². The molecule has 0 radical (unpaired) electrons. The molecule has 0 bridgehead atoms. The third kappa shape index (κ3) is 3.56. The van der Waals surface area contributed by atoms with Gasteiger partial charge in [-0.3, -0.25) is 14.5 Å². The normalized spacial score (nSPS) is 15.9. The zero-order valence-electron chi connectivity index (χ0n) is 14.6. The number of nitrogens with one attached hydrogen (secondary N) is 1. The first-order valence-electron chi connectivity index (χ1n) is 7.95. The van der Waals surface area contributed by atoms with Crippen LogP contribution in [0.1, 0.15) is 25.3 Å². The predicted octanol–water partition coefficient (Wildman–Crippen LogP) is 1.42. The molecule has 26 heavy (non-hydrogen) atoms. The molecular formula is C17H18N4O5. The second-order valence-corrected chi connectivity index (χ2v) is 6.48. The molecule has 0 spiro atoms. The highest BCUT2D eigenvalue weighted by Gasteiger charge is 2.45. The Bertz CT molecular complexity index is 856. The number of urea groups is 1. The first-order valence-corrected chi connectivity index (χ1v) is 7.95. The maximum absolute atomic E-state index is 12.0. The van der Waals surface area contributed by atoms with Gasteiger partial charge in [-0.2, -0.15) is 4.98 Å². The minimum absolute atomic E-state index is 0.117. The summed E-state index contributed by atoms with van der Waals surface area (Å²) in [5.41, 5.74) is 0.848. The molecule has 3 amide bonds. The van der Waals surface area contributed by atoms with Gasteiger partial charge in [-0.25, -0.2) is 4.79 Å². The van der Waals surface area contributed by atoms with Gasteiger partial charge in [0.25, 0.3) is 11.8 Å². The Morgan fingerprint density at radius 1 is 1.27 bits per heavy atom. The minimum atomic E-state index is -1.03. The smallest absolute Gasteiger partial charge is 0.326 e. The minimum Gasteiger partial charge on any atom is -0.454 e. The number of hydrogen-bond donors (Lipinski definition) is 1. The van der Waals surface area contributed by atoms with Crippen LogP contribution in [0.2, 0.25) is 0 Å². The van der Waals surface area contributed by atoms with E-state index in [1.807, 2.05) is 31.2 Å². The fraction of sp³-hybridized carbons (Fsp3) is 0.353. The number of aromatic nitrogens is 2. The van der Waals surface area contributed by atoms with E-state index < -0.39 is 30.0 Å². The molecule has 0 unspecified atom stereocenters. The van der Waals surface area contributed by atoms with Crippen LogP contribution < -0.4 is 5.32 Å². The van der Waals surface area contributed by atoms with E-state index in [1.54, 1.807) is 13.8 Å². The third-order valence-corrected chi connectivity index (χ3v) is 3.87. The molecule has 1 aliphatic rings. The summed E-state index contributed by atoms with van der Waals surface area (Å²) in [6.07, 6.45) is 0. The van der Waals surface area contributed by atoms with Crippen molar-refractivity contribution in [2.75, 3.05) is 6.54 Å². The van der Waals surface area contributed by atoms with Crippen LogP contribution in [0, 0.1) is 6.92 Å². The van der Waals surface area contributed by atoms with E-state index in [4.69, 9.17) is 9.26 Å². The van der Waals surface area contributed by atoms with Crippen LogP contribution >= 0.6 is 0 Å². The lowest BCUT2D eigenvalue weighted by atomic mass is 10.1. The Morgan fingerprint density at radius 3 is 2.58 bits per heavy atom. The van der Waals surface area contributed by atoms with Crippen LogP contribution in [0.3, 0.4) is 0 Å². The summed E-state index contributed by atoms with van der Waals surface area (Å²) >= 11 is 0. The van der Waals surface area contributed by atoms with Crippen molar-refractivity contribution in [3.8, 4) is 11.4 Å². The number of imide groups is 1. The number of ether oxygens (including phenoxy) is 1. The summed E-state index contributed by atoms with van der Waals surface area (Å²) in [5, 5.41) is 6.32. The number of hydrogen-bond acceptors (Lipinski definition) is 7. The number of aryl methyl sites for hydroxylation is 1. The summed E-state index contributed by atoms with van der Waals surface area (Å²) in [4.78, 5) is 40.6. The molecule has 1 aromatic heterocycles. The standard InChI is InChI=1S/C17H18N4O5/c1-10-4-6-11(7-5-10)14-18-12(26-20-14)9-25-13(22)8-21-15(23)17(2,3)19-16(21)24/h4-7H,8-9H2,1-3H3,(H,19,24). The van der Waals surface area contributed by atoms with Gasteiger partial charge in [-0.05, 0) is 20.8 Å². The van der Waals surface area contributed by atoms with Crippen molar-refractivity contribution in [1.29, 1.82) is 0 Å². The zero-order valence-corrected chi connectivity index (χ0v) is 14.6. The number of benzene rings is 1. The lowest BCUT2D eigenvalue weighted by Crippen LogP contribution is -2.41. The Hall–Kier alpha value is -3.23. The Labute approximate surface area is 149 Å². The molecule has 1 saturated heterocycles. The predicted molar refractivity (Wildman–Crippen MR) is 88.6 cm³/mol. The van der Waals surface area contributed by atoms with Crippen LogP contribution in [-0.4, -0.2) is 45.0 Å². The van der Waals surface area contributed by atoms with Crippen molar-refractivity contribution >= 4 is 17.9 Å². The molecule has 0 aliphatic carbocycles. The lowest BCUT2D eigenvalue weighted by Gasteiger charge is -2.15. The monoisotopic (exact) mass is 358 g/mol. The molecule has 9 heteroatoms. The number of rotatable bonds is 5. The molecule has 0 atom stereocenters. The maximum atomic E-state index is 12.0. The van der Waals surface area contributed by atoms with Crippen molar-refractivity contribution < 1.29 is 23.6 Å². The van der Waals surface area contributed by atoms with Crippen molar-refractivity contribution in [3.05, 3.63) is 35.7 Å². The number of nitrogens with zero attached hydrogens (tertiary/aromatic N) is 3. The second-order valence-electron chi connectivity index (χ2n) is 6.48. The van der Waals surface area contributed by atoms with E-state index >= 15 is 0 Å². The van der Waals surface area contributed by atoms with Gasteiger partial charge in [-0.1, -0.05) is 35.0 Å². The summed E-state index contributed by atoms with van der Waals surface area (Å²) < 4.78 is 10.1. The fourth-order valence-corrected chi connectivity index (χ4v) is 2.41. The van der Waals surface area contributed by atoms with E-state index in [0.29, 0.717) is 5.82 Å². The molecular weight excluding hydrogens is 340 g/mol. The van der Waals surface area contributed by atoms with E-state index in [0.717, 1.165) is 16.0 Å². The Kier molecular flexibility index (Phi) is 4.45. The van der Waals surface area contributed by atoms with Crippen molar-refractivity contribution in [3.63, 3.8) is 0 Å². The molecule has 1 fully saturated rings. The molecule has 3 rings (SSSR count). The number of carbonyl (C=O) groups is 3. The number of esters is 1. The summed E-state index contributed by atoms with van der Waals surface area (Å²) in [6.45, 7) is 4.36. The van der Waals surface area contributed by atoms with Crippen molar-refractivity contribution in [1.82, 2.24) is 20.4 Å². The zero-order chi connectivity index (χ0) is 18.9. The molecule has 136 valence electrons. The van der Waals surface area contributed by atoms with Crippen molar-refractivity contribution in [2.24, 2.45) is 0 Å². The quantitative estimate of drug-likeness (QED) is 0.635. The molecule has 1 N–H and O–H groups in total. The molecule has 0 saturated carbocycles. The highest BCUT2D eigenvalue weighted by Crippen LogP contribution is 2.18. The molecule has 1 aliphatic heterocycles. The van der Waals surface area contributed by atoms with Gasteiger partial charge in [0.15, 0.2) is 6.61 Å².